The molecule has 1 fully saturated rings. The summed E-state index contributed by atoms with van der Waals surface area (Å²) in [6.07, 6.45) is 0.705. The maximum atomic E-state index is 11.0. The lowest BCUT2D eigenvalue weighted by Gasteiger charge is -2.24. The van der Waals surface area contributed by atoms with Crippen molar-refractivity contribution in [1.29, 1.82) is 0 Å². The summed E-state index contributed by atoms with van der Waals surface area (Å²) in [5.41, 5.74) is -0.705. The Balaban J connectivity index is 2.43. The topological polar surface area (TPSA) is 58.6 Å². The van der Waals surface area contributed by atoms with Crippen molar-refractivity contribution < 1.29 is 14.6 Å². The number of hydrogen-bond acceptors (Lipinski definition) is 4. The Morgan fingerprint density at radius 2 is 2.54 bits per heavy atom. The molecule has 1 atom stereocenters. The van der Waals surface area contributed by atoms with Gasteiger partial charge in [-0.3, -0.25) is 10.1 Å². The molecule has 76 valence electrons. The highest BCUT2D eigenvalue weighted by molar-refractivity contribution is 7.99. The summed E-state index contributed by atoms with van der Waals surface area (Å²) in [5, 5.41) is 12.1. The SMILES string of the molecule is COCCNC1(C(=O)O)CCSC1. The Hall–Kier alpha value is -0.260. The molecular weight excluding hydrogens is 190 g/mol. The van der Waals surface area contributed by atoms with Gasteiger partial charge in [-0.1, -0.05) is 0 Å². The minimum absolute atomic E-state index is 0.555. The predicted octanol–water partition coefficient (Wildman–Crippen LogP) is 0.183. The molecule has 0 aliphatic carbocycles. The first-order valence-corrected chi connectivity index (χ1v) is 5.42. The fraction of sp³-hybridized carbons (Fsp3) is 0.875. The second kappa shape index (κ2) is 4.83. The molecule has 4 nitrogen and oxygen atoms in total. The third kappa shape index (κ3) is 2.59. The zero-order chi connectivity index (χ0) is 9.73. The number of aliphatic carboxylic acids is 1. The van der Waals surface area contributed by atoms with Crippen molar-refractivity contribution in [3.63, 3.8) is 0 Å². The maximum Gasteiger partial charge on any atom is 0.324 e. The molecule has 5 heteroatoms. The number of carboxylic acids is 1. The van der Waals surface area contributed by atoms with E-state index in [4.69, 9.17) is 9.84 Å². The largest absolute Gasteiger partial charge is 0.480 e. The van der Waals surface area contributed by atoms with E-state index in [0.29, 0.717) is 25.3 Å². The Labute approximate surface area is 82.0 Å². The monoisotopic (exact) mass is 205 g/mol. The summed E-state index contributed by atoms with van der Waals surface area (Å²) < 4.78 is 4.86. The van der Waals surface area contributed by atoms with Crippen LogP contribution in [0.5, 0.6) is 0 Å². The van der Waals surface area contributed by atoms with E-state index in [2.05, 4.69) is 5.32 Å². The van der Waals surface area contributed by atoms with Crippen LogP contribution in [0.3, 0.4) is 0 Å². The van der Waals surface area contributed by atoms with E-state index in [9.17, 15) is 4.79 Å². The van der Waals surface area contributed by atoms with Gasteiger partial charge in [0, 0.05) is 19.4 Å². The van der Waals surface area contributed by atoms with Crippen LogP contribution in [0.15, 0.2) is 0 Å². The molecule has 13 heavy (non-hydrogen) atoms. The molecule has 0 bridgehead atoms. The molecule has 0 aromatic heterocycles. The lowest BCUT2D eigenvalue weighted by atomic mass is 9.99. The van der Waals surface area contributed by atoms with Crippen molar-refractivity contribution in [3.05, 3.63) is 0 Å². The van der Waals surface area contributed by atoms with Gasteiger partial charge >= 0.3 is 5.97 Å². The van der Waals surface area contributed by atoms with Gasteiger partial charge in [-0.25, -0.2) is 0 Å². The summed E-state index contributed by atoms with van der Waals surface area (Å²) >= 11 is 1.68. The van der Waals surface area contributed by atoms with E-state index in [1.165, 1.54) is 0 Å². The Kier molecular flexibility index (Phi) is 4.02. The molecule has 1 aliphatic heterocycles. The fourth-order valence-corrected chi connectivity index (χ4v) is 2.70. The lowest BCUT2D eigenvalue weighted by molar-refractivity contribution is -0.143. The third-order valence-corrected chi connectivity index (χ3v) is 3.39. The maximum absolute atomic E-state index is 11.0. The number of hydrogen-bond donors (Lipinski definition) is 2. The molecule has 2 N–H and O–H groups in total. The van der Waals surface area contributed by atoms with E-state index < -0.39 is 11.5 Å². The van der Waals surface area contributed by atoms with Crippen molar-refractivity contribution in [3.8, 4) is 0 Å². The van der Waals surface area contributed by atoms with Crippen LogP contribution in [0.25, 0.3) is 0 Å². The van der Waals surface area contributed by atoms with Crippen LogP contribution >= 0.6 is 11.8 Å². The number of thioether (sulfide) groups is 1. The molecule has 0 spiro atoms. The Bertz CT molecular complexity index is 180. The first-order valence-electron chi connectivity index (χ1n) is 4.26. The molecule has 1 saturated heterocycles. The van der Waals surface area contributed by atoms with Crippen LogP contribution in [-0.2, 0) is 9.53 Å². The van der Waals surface area contributed by atoms with E-state index in [1.807, 2.05) is 0 Å². The van der Waals surface area contributed by atoms with Crippen molar-refractivity contribution in [2.45, 2.75) is 12.0 Å². The van der Waals surface area contributed by atoms with Crippen molar-refractivity contribution in [1.82, 2.24) is 5.32 Å². The van der Waals surface area contributed by atoms with Crippen LogP contribution in [0.4, 0.5) is 0 Å². The average Bonchev–Trinajstić information content (AvgIpc) is 2.55. The van der Waals surface area contributed by atoms with Gasteiger partial charge in [0.25, 0.3) is 0 Å². The van der Waals surface area contributed by atoms with Gasteiger partial charge < -0.3 is 9.84 Å². The third-order valence-electron chi connectivity index (χ3n) is 2.20. The first kappa shape index (κ1) is 10.8. The van der Waals surface area contributed by atoms with Crippen LogP contribution < -0.4 is 5.32 Å². The summed E-state index contributed by atoms with van der Waals surface area (Å²) in [4.78, 5) is 11.0. The first-order chi connectivity index (χ1) is 6.21. The van der Waals surface area contributed by atoms with E-state index in [-0.39, 0.29) is 0 Å². The highest BCUT2D eigenvalue weighted by Crippen LogP contribution is 2.27. The minimum Gasteiger partial charge on any atom is -0.480 e. The molecule has 1 unspecified atom stereocenters. The van der Waals surface area contributed by atoms with Crippen LogP contribution in [0.2, 0.25) is 0 Å². The van der Waals surface area contributed by atoms with Gasteiger partial charge in [-0.15, -0.1) is 0 Å². The molecule has 1 rings (SSSR count). The number of carbonyl (C=O) groups is 1. The summed E-state index contributed by atoms with van der Waals surface area (Å²) in [6, 6.07) is 0. The Morgan fingerprint density at radius 1 is 1.77 bits per heavy atom. The smallest absolute Gasteiger partial charge is 0.324 e. The standard InChI is InChI=1S/C8H15NO3S/c1-12-4-3-9-8(7(10)11)2-5-13-6-8/h9H,2-6H2,1H3,(H,10,11). The van der Waals surface area contributed by atoms with E-state index in [1.54, 1.807) is 18.9 Å². The van der Waals surface area contributed by atoms with Crippen LogP contribution in [-0.4, -0.2) is 48.4 Å². The second-order valence-electron chi connectivity index (χ2n) is 3.11. The normalized spacial score (nSPS) is 27.8. The van der Waals surface area contributed by atoms with Gasteiger partial charge in [0.1, 0.15) is 5.54 Å². The van der Waals surface area contributed by atoms with Gasteiger partial charge in [0.15, 0.2) is 0 Å². The van der Waals surface area contributed by atoms with Crippen molar-refractivity contribution in [2.75, 3.05) is 31.8 Å². The van der Waals surface area contributed by atoms with Gasteiger partial charge in [-0.05, 0) is 12.2 Å². The molecule has 0 amide bonds. The molecule has 1 aliphatic rings. The van der Waals surface area contributed by atoms with Gasteiger partial charge in [0.2, 0.25) is 0 Å². The highest BCUT2D eigenvalue weighted by Gasteiger charge is 2.41. The molecule has 0 saturated carbocycles. The van der Waals surface area contributed by atoms with Crippen LogP contribution in [0, 0.1) is 0 Å². The highest BCUT2D eigenvalue weighted by atomic mass is 32.2. The summed E-state index contributed by atoms with van der Waals surface area (Å²) in [7, 11) is 1.61. The minimum atomic E-state index is -0.742. The molecule has 0 aromatic rings. The number of nitrogens with one attached hydrogen (secondary N) is 1. The molecular formula is C8H15NO3S. The Morgan fingerprint density at radius 3 is 3.00 bits per heavy atom. The molecule has 0 aromatic carbocycles. The average molecular weight is 205 g/mol. The number of carboxylic acid groups (broad SMARTS) is 1. The summed E-state index contributed by atoms with van der Waals surface area (Å²) in [5.74, 6) is 0.840. The lowest BCUT2D eigenvalue weighted by Crippen LogP contribution is -2.53. The zero-order valence-electron chi connectivity index (χ0n) is 7.71. The van der Waals surface area contributed by atoms with Gasteiger partial charge in [0.05, 0.1) is 6.61 Å². The number of ether oxygens (including phenoxy) is 1. The fourth-order valence-electron chi connectivity index (χ4n) is 1.34. The quantitative estimate of drug-likeness (QED) is 0.627. The van der Waals surface area contributed by atoms with Crippen molar-refractivity contribution >= 4 is 17.7 Å². The zero-order valence-corrected chi connectivity index (χ0v) is 8.52. The van der Waals surface area contributed by atoms with E-state index >= 15 is 0 Å². The van der Waals surface area contributed by atoms with Gasteiger partial charge in [-0.2, -0.15) is 11.8 Å². The molecule has 1 heterocycles. The van der Waals surface area contributed by atoms with Crippen molar-refractivity contribution in [2.24, 2.45) is 0 Å². The predicted molar refractivity (Wildman–Crippen MR) is 52.2 cm³/mol. The number of rotatable bonds is 5. The van der Waals surface area contributed by atoms with Crippen LogP contribution in [0.1, 0.15) is 6.42 Å². The number of methoxy groups -OCH3 is 1. The second-order valence-corrected chi connectivity index (χ2v) is 4.21. The van der Waals surface area contributed by atoms with E-state index in [0.717, 1.165) is 5.75 Å². The molecule has 0 radical (unpaired) electrons. The summed E-state index contributed by atoms with van der Waals surface area (Å²) in [6.45, 7) is 1.16.